The van der Waals surface area contributed by atoms with Gasteiger partial charge in [0.05, 0.1) is 11.3 Å². The number of halogens is 3. The van der Waals surface area contributed by atoms with Gasteiger partial charge in [0.15, 0.2) is 0 Å². The fourth-order valence-corrected chi connectivity index (χ4v) is 1.78. The van der Waals surface area contributed by atoms with Gasteiger partial charge in [-0.25, -0.2) is 0 Å². The van der Waals surface area contributed by atoms with Crippen molar-refractivity contribution in [1.82, 2.24) is 15.3 Å². The van der Waals surface area contributed by atoms with E-state index in [0.29, 0.717) is 12.1 Å². The molecule has 0 fully saturated rings. The summed E-state index contributed by atoms with van der Waals surface area (Å²) in [5.74, 6) is 0. The van der Waals surface area contributed by atoms with E-state index >= 15 is 0 Å². The van der Waals surface area contributed by atoms with Crippen molar-refractivity contribution in [1.29, 1.82) is 0 Å². The van der Waals surface area contributed by atoms with Gasteiger partial charge in [-0.15, -0.1) is 0 Å². The van der Waals surface area contributed by atoms with Crippen molar-refractivity contribution < 1.29 is 13.2 Å². The number of hydrogen-bond acceptors (Lipinski definition) is 3. The van der Waals surface area contributed by atoms with Crippen LogP contribution in [0.1, 0.15) is 29.8 Å². The first-order chi connectivity index (χ1) is 9.47. The first kappa shape index (κ1) is 14.5. The number of aromatic nitrogens is 2. The number of benzene rings is 1. The third kappa shape index (κ3) is 3.77. The zero-order chi connectivity index (χ0) is 14.6. The highest BCUT2D eigenvalue weighted by Gasteiger charge is 2.30. The predicted octanol–water partition coefficient (Wildman–Crippen LogP) is 3.35. The van der Waals surface area contributed by atoms with Crippen molar-refractivity contribution in [3.8, 4) is 0 Å². The van der Waals surface area contributed by atoms with E-state index < -0.39 is 11.7 Å². The van der Waals surface area contributed by atoms with Crippen molar-refractivity contribution in [2.45, 2.75) is 25.7 Å². The molecule has 0 aliphatic carbocycles. The average molecular weight is 281 g/mol. The molecule has 0 aliphatic rings. The van der Waals surface area contributed by atoms with Gasteiger partial charge in [-0.1, -0.05) is 12.1 Å². The lowest BCUT2D eigenvalue weighted by Gasteiger charge is -2.15. The van der Waals surface area contributed by atoms with Gasteiger partial charge in [-0.3, -0.25) is 9.97 Å². The Balaban J connectivity index is 2.04. The fourth-order valence-electron chi connectivity index (χ4n) is 1.78. The smallest absolute Gasteiger partial charge is 0.305 e. The standard InChI is InChI=1S/C14H14F3N3/c1-10(20-9-13-8-18-5-6-19-13)11-3-2-4-12(7-11)14(15,16)17/h2-8,10,20H,9H2,1H3. The summed E-state index contributed by atoms with van der Waals surface area (Å²) in [4.78, 5) is 8.03. The quantitative estimate of drug-likeness (QED) is 0.934. The third-order valence-electron chi connectivity index (χ3n) is 2.92. The number of nitrogens with zero attached hydrogens (tertiary/aromatic N) is 2. The van der Waals surface area contributed by atoms with Crippen molar-refractivity contribution >= 4 is 0 Å². The molecule has 1 N–H and O–H groups in total. The molecule has 0 bridgehead atoms. The van der Waals surface area contributed by atoms with E-state index in [4.69, 9.17) is 0 Å². The van der Waals surface area contributed by atoms with E-state index in [1.54, 1.807) is 24.7 Å². The topological polar surface area (TPSA) is 37.8 Å². The normalized spacial score (nSPS) is 13.2. The molecule has 1 unspecified atom stereocenters. The molecule has 0 aliphatic heterocycles. The van der Waals surface area contributed by atoms with E-state index in [1.165, 1.54) is 6.07 Å². The maximum atomic E-state index is 12.6. The SMILES string of the molecule is CC(NCc1cnccn1)c1cccc(C(F)(F)F)c1. The lowest BCUT2D eigenvalue weighted by molar-refractivity contribution is -0.137. The zero-order valence-electron chi connectivity index (χ0n) is 10.9. The number of hydrogen-bond donors (Lipinski definition) is 1. The Labute approximate surface area is 114 Å². The van der Waals surface area contributed by atoms with Gasteiger partial charge in [-0.2, -0.15) is 13.2 Å². The Morgan fingerprint density at radius 3 is 2.70 bits per heavy atom. The monoisotopic (exact) mass is 281 g/mol. The number of rotatable bonds is 4. The fraction of sp³-hybridized carbons (Fsp3) is 0.286. The second-order valence-electron chi connectivity index (χ2n) is 4.42. The second kappa shape index (κ2) is 6.00. The average Bonchev–Trinajstić information content (AvgIpc) is 2.45. The molecular weight excluding hydrogens is 267 g/mol. The van der Waals surface area contributed by atoms with Gasteiger partial charge in [0.1, 0.15) is 0 Å². The minimum Gasteiger partial charge on any atom is -0.305 e. The van der Waals surface area contributed by atoms with Crippen molar-refractivity contribution in [2.75, 3.05) is 0 Å². The van der Waals surface area contributed by atoms with E-state index in [1.807, 2.05) is 6.92 Å². The molecule has 3 nitrogen and oxygen atoms in total. The summed E-state index contributed by atoms with van der Waals surface area (Å²) in [6, 6.07) is 5.11. The Morgan fingerprint density at radius 2 is 2.05 bits per heavy atom. The molecule has 1 heterocycles. The van der Waals surface area contributed by atoms with Gasteiger partial charge in [0, 0.05) is 31.2 Å². The highest BCUT2D eigenvalue weighted by atomic mass is 19.4. The molecule has 1 aromatic carbocycles. The highest BCUT2D eigenvalue weighted by molar-refractivity contribution is 5.27. The Morgan fingerprint density at radius 1 is 1.25 bits per heavy atom. The van der Waals surface area contributed by atoms with Crippen molar-refractivity contribution in [3.63, 3.8) is 0 Å². The van der Waals surface area contributed by atoms with Gasteiger partial charge in [0.25, 0.3) is 0 Å². The van der Waals surface area contributed by atoms with E-state index in [9.17, 15) is 13.2 Å². The summed E-state index contributed by atoms with van der Waals surface area (Å²) in [6.07, 6.45) is 0.443. The van der Waals surface area contributed by atoms with Crippen LogP contribution < -0.4 is 5.32 Å². The van der Waals surface area contributed by atoms with Crippen molar-refractivity contribution in [2.24, 2.45) is 0 Å². The van der Waals surface area contributed by atoms with Crippen LogP contribution in [0, 0.1) is 0 Å². The van der Waals surface area contributed by atoms with Crippen LogP contribution in [0.15, 0.2) is 42.9 Å². The molecular formula is C14H14F3N3. The number of nitrogens with one attached hydrogen (secondary N) is 1. The molecule has 20 heavy (non-hydrogen) atoms. The maximum absolute atomic E-state index is 12.6. The van der Waals surface area contributed by atoms with E-state index in [-0.39, 0.29) is 6.04 Å². The minimum atomic E-state index is -4.32. The first-order valence-corrected chi connectivity index (χ1v) is 6.12. The van der Waals surface area contributed by atoms with Crippen LogP contribution in [0.5, 0.6) is 0 Å². The van der Waals surface area contributed by atoms with Crippen molar-refractivity contribution in [3.05, 3.63) is 59.7 Å². The Hall–Kier alpha value is -1.95. The van der Waals surface area contributed by atoms with Crippen LogP contribution in [-0.4, -0.2) is 9.97 Å². The van der Waals surface area contributed by atoms with E-state index in [2.05, 4.69) is 15.3 Å². The molecule has 106 valence electrons. The second-order valence-corrected chi connectivity index (χ2v) is 4.42. The van der Waals surface area contributed by atoms with Gasteiger partial charge in [0.2, 0.25) is 0 Å². The van der Waals surface area contributed by atoms with Crippen LogP contribution in [0.2, 0.25) is 0 Å². The summed E-state index contributed by atoms with van der Waals surface area (Å²) < 4.78 is 37.9. The third-order valence-corrected chi connectivity index (χ3v) is 2.92. The van der Waals surface area contributed by atoms with Crippen LogP contribution >= 0.6 is 0 Å². The summed E-state index contributed by atoms with van der Waals surface area (Å²) in [5, 5.41) is 3.12. The summed E-state index contributed by atoms with van der Waals surface area (Å²) >= 11 is 0. The highest BCUT2D eigenvalue weighted by Crippen LogP contribution is 2.30. The molecule has 1 aromatic heterocycles. The molecule has 0 spiro atoms. The van der Waals surface area contributed by atoms with Crippen LogP contribution in [0.25, 0.3) is 0 Å². The van der Waals surface area contributed by atoms with Crippen LogP contribution in [0.3, 0.4) is 0 Å². The van der Waals surface area contributed by atoms with Crippen LogP contribution in [-0.2, 0) is 12.7 Å². The minimum absolute atomic E-state index is 0.209. The summed E-state index contributed by atoms with van der Waals surface area (Å²) in [6.45, 7) is 2.26. The van der Waals surface area contributed by atoms with Gasteiger partial charge < -0.3 is 5.32 Å². The molecule has 2 rings (SSSR count). The van der Waals surface area contributed by atoms with Crippen LogP contribution in [0.4, 0.5) is 13.2 Å². The van der Waals surface area contributed by atoms with Gasteiger partial charge >= 0.3 is 6.18 Å². The van der Waals surface area contributed by atoms with E-state index in [0.717, 1.165) is 17.8 Å². The summed E-state index contributed by atoms with van der Waals surface area (Å²) in [5.41, 5.74) is 0.693. The first-order valence-electron chi connectivity index (χ1n) is 6.12. The lowest BCUT2D eigenvalue weighted by Crippen LogP contribution is -2.19. The Kier molecular flexibility index (Phi) is 4.34. The van der Waals surface area contributed by atoms with Gasteiger partial charge in [-0.05, 0) is 24.6 Å². The largest absolute Gasteiger partial charge is 0.416 e. The molecule has 2 aromatic rings. The lowest BCUT2D eigenvalue weighted by atomic mass is 10.0. The molecule has 6 heteroatoms. The molecule has 1 atom stereocenters. The Bertz CT molecular complexity index is 555. The molecule has 0 amide bonds. The zero-order valence-corrected chi connectivity index (χ0v) is 10.9. The number of alkyl halides is 3. The molecule has 0 saturated heterocycles. The molecule has 0 radical (unpaired) electrons. The summed E-state index contributed by atoms with van der Waals surface area (Å²) in [7, 11) is 0. The predicted molar refractivity (Wildman–Crippen MR) is 68.7 cm³/mol. The maximum Gasteiger partial charge on any atom is 0.416 e. The molecule has 0 saturated carbocycles.